The van der Waals surface area contributed by atoms with Crippen LogP contribution in [0.25, 0.3) is 0 Å². The molecule has 0 aromatic heterocycles. The van der Waals surface area contributed by atoms with Crippen molar-refractivity contribution >= 4 is 29.1 Å². The standard InChI is InChI=1S/C10H12ClN3O2/c11-7-2-1-3-8(6-7)13-9(15)4-5-10(16)14-12/h1-3,6H,4-5,12H2,(H,13,15)(H,14,16). The van der Waals surface area contributed by atoms with E-state index in [4.69, 9.17) is 17.4 Å². The summed E-state index contributed by atoms with van der Waals surface area (Å²) in [5.74, 6) is 4.25. The van der Waals surface area contributed by atoms with Crippen LogP contribution in [-0.2, 0) is 9.59 Å². The van der Waals surface area contributed by atoms with Crippen molar-refractivity contribution in [2.45, 2.75) is 12.8 Å². The Balaban J connectivity index is 2.43. The number of halogens is 1. The van der Waals surface area contributed by atoms with Crippen molar-refractivity contribution in [1.29, 1.82) is 0 Å². The second-order valence-electron chi connectivity index (χ2n) is 3.13. The summed E-state index contributed by atoms with van der Waals surface area (Å²) in [4.78, 5) is 22.2. The van der Waals surface area contributed by atoms with Crippen molar-refractivity contribution in [3.63, 3.8) is 0 Å². The van der Waals surface area contributed by atoms with Crippen LogP contribution in [0.4, 0.5) is 5.69 Å². The Morgan fingerprint density at radius 1 is 1.25 bits per heavy atom. The lowest BCUT2D eigenvalue weighted by molar-refractivity contribution is -0.124. The highest BCUT2D eigenvalue weighted by Crippen LogP contribution is 2.15. The fourth-order valence-corrected chi connectivity index (χ4v) is 1.28. The molecule has 0 aliphatic rings. The predicted molar refractivity (Wildman–Crippen MR) is 61.6 cm³/mol. The average molecular weight is 242 g/mol. The molecule has 0 aliphatic heterocycles. The molecule has 86 valence electrons. The number of hydrogen-bond acceptors (Lipinski definition) is 3. The number of hydrogen-bond donors (Lipinski definition) is 3. The summed E-state index contributed by atoms with van der Waals surface area (Å²) in [6, 6.07) is 6.78. The van der Waals surface area contributed by atoms with E-state index < -0.39 is 0 Å². The van der Waals surface area contributed by atoms with Crippen LogP contribution in [-0.4, -0.2) is 11.8 Å². The van der Waals surface area contributed by atoms with Gasteiger partial charge in [0.2, 0.25) is 11.8 Å². The van der Waals surface area contributed by atoms with Crippen molar-refractivity contribution in [2.24, 2.45) is 5.84 Å². The molecular weight excluding hydrogens is 230 g/mol. The molecule has 6 heteroatoms. The molecule has 16 heavy (non-hydrogen) atoms. The van der Waals surface area contributed by atoms with Crippen molar-refractivity contribution in [3.8, 4) is 0 Å². The van der Waals surface area contributed by atoms with Crippen molar-refractivity contribution in [2.75, 3.05) is 5.32 Å². The number of amides is 2. The SMILES string of the molecule is NNC(=O)CCC(=O)Nc1cccc(Cl)c1. The smallest absolute Gasteiger partial charge is 0.234 e. The molecule has 1 rings (SSSR count). The fraction of sp³-hybridized carbons (Fsp3) is 0.200. The normalized spacial score (nSPS) is 9.62. The second-order valence-corrected chi connectivity index (χ2v) is 3.56. The Hall–Kier alpha value is -1.59. The number of hydrazine groups is 1. The minimum Gasteiger partial charge on any atom is -0.326 e. The van der Waals surface area contributed by atoms with Gasteiger partial charge in [-0.3, -0.25) is 15.0 Å². The molecule has 2 amide bonds. The van der Waals surface area contributed by atoms with Gasteiger partial charge in [0, 0.05) is 23.6 Å². The number of rotatable bonds is 4. The van der Waals surface area contributed by atoms with Gasteiger partial charge in [0.1, 0.15) is 0 Å². The van der Waals surface area contributed by atoms with Crippen LogP contribution in [0.3, 0.4) is 0 Å². The lowest BCUT2D eigenvalue weighted by atomic mass is 10.2. The Morgan fingerprint density at radius 3 is 2.56 bits per heavy atom. The first-order chi connectivity index (χ1) is 7.61. The molecular formula is C10H12ClN3O2. The maximum absolute atomic E-state index is 11.4. The van der Waals surface area contributed by atoms with E-state index in [-0.39, 0.29) is 24.7 Å². The largest absolute Gasteiger partial charge is 0.326 e. The molecule has 0 fully saturated rings. The summed E-state index contributed by atoms with van der Waals surface area (Å²) in [5.41, 5.74) is 2.56. The van der Waals surface area contributed by atoms with Crippen LogP contribution in [0.5, 0.6) is 0 Å². The number of nitrogens with one attached hydrogen (secondary N) is 2. The summed E-state index contributed by atoms with van der Waals surface area (Å²) >= 11 is 5.75. The van der Waals surface area contributed by atoms with E-state index >= 15 is 0 Å². The van der Waals surface area contributed by atoms with E-state index in [1.54, 1.807) is 24.3 Å². The molecule has 0 atom stereocenters. The molecule has 1 aromatic rings. The summed E-state index contributed by atoms with van der Waals surface area (Å²) in [5, 5.41) is 3.16. The van der Waals surface area contributed by atoms with Gasteiger partial charge in [-0.15, -0.1) is 0 Å². The van der Waals surface area contributed by atoms with Crippen molar-refractivity contribution in [3.05, 3.63) is 29.3 Å². The summed E-state index contributed by atoms with van der Waals surface area (Å²) < 4.78 is 0. The van der Waals surface area contributed by atoms with Crippen LogP contribution in [0, 0.1) is 0 Å². The van der Waals surface area contributed by atoms with E-state index in [0.29, 0.717) is 10.7 Å². The van der Waals surface area contributed by atoms with Gasteiger partial charge in [0.05, 0.1) is 0 Å². The zero-order valence-electron chi connectivity index (χ0n) is 8.50. The summed E-state index contributed by atoms with van der Waals surface area (Å²) in [7, 11) is 0. The zero-order chi connectivity index (χ0) is 12.0. The molecule has 0 spiro atoms. The number of benzene rings is 1. The zero-order valence-corrected chi connectivity index (χ0v) is 9.25. The highest BCUT2D eigenvalue weighted by molar-refractivity contribution is 6.30. The maximum Gasteiger partial charge on any atom is 0.234 e. The van der Waals surface area contributed by atoms with Crippen molar-refractivity contribution < 1.29 is 9.59 Å². The molecule has 5 nitrogen and oxygen atoms in total. The molecule has 0 bridgehead atoms. The van der Waals surface area contributed by atoms with Crippen LogP contribution in [0.15, 0.2) is 24.3 Å². The monoisotopic (exact) mass is 241 g/mol. The highest BCUT2D eigenvalue weighted by atomic mass is 35.5. The van der Waals surface area contributed by atoms with Gasteiger partial charge in [-0.05, 0) is 18.2 Å². The van der Waals surface area contributed by atoms with Crippen molar-refractivity contribution in [1.82, 2.24) is 5.43 Å². The number of carbonyl (C=O) groups excluding carboxylic acids is 2. The van der Waals surface area contributed by atoms with E-state index in [2.05, 4.69) is 5.32 Å². The number of carbonyl (C=O) groups is 2. The average Bonchev–Trinajstić information content (AvgIpc) is 2.26. The first-order valence-corrected chi connectivity index (χ1v) is 5.04. The topological polar surface area (TPSA) is 84.2 Å². The summed E-state index contributed by atoms with van der Waals surface area (Å²) in [6.07, 6.45) is 0.137. The van der Waals surface area contributed by atoms with Gasteiger partial charge in [0.25, 0.3) is 0 Å². The van der Waals surface area contributed by atoms with Gasteiger partial charge in [-0.2, -0.15) is 0 Å². The van der Waals surface area contributed by atoms with Gasteiger partial charge in [0.15, 0.2) is 0 Å². The lowest BCUT2D eigenvalue weighted by Gasteiger charge is -2.04. The third kappa shape index (κ3) is 4.29. The quantitative estimate of drug-likeness (QED) is 0.419. The predicted octanol–water partition coefficient (Wildman–Crippen LogP) is 1.05. The fourth-order valence-electron chi connectivity index (χ4n) is 1.09. The van der Waals surface area contributed by atoms with Crippen LogP contribution >= 0.6 is 11.6 Å². The van der Waals surface area contributed by atoms with Crippen LogP contribution < -0.4 is 16.6 Å². The molecule has 0 unspecified atom stereocenters. The highest BCUT2D eigenvalue weighted by Gasteiger charge is 2.05. The third-order valence-corrected chi connectivity index (χ3v) is 2.08. The van der Waals surface area contributed by atoms with E-state index in [0.717, 1.165) is 0 Å². The van der Waals surface area contributed by atoms with Gasteiger partial charge >= 0.3 is 0 Å². The van der Waals surface area contributed by atoms with Gasteiger partial charge < -0.3 is 5.32 Å². The third-order valence-electron chi connectivity index (χ3n) is 1.85. The molecule has 0 heterocycles. The van der Waals surface area contributed by atoms with Crippen LogP contribution in [0.2, 0.25) is 5.02 Å². The first kappa shape index (κ1) is 12.5. The second kappa shape index (κ2) is 6.09. The first-order valence-electron chi connectivity index (χ1n) is 4.66. The number of anilines is 1. The summed E-state index contributed by atoms with van der Waals surface area (Å²) in [6.45, 7) is 0. The minimum atomic E-state index is -0.374. The van der Waals surface area contributed by atoms with E-state index in [1.165, 1.54) is 0 Å². The Labute approximate surface area is 97.9 Å². The van der Waals surface area contributed by atoms with Gasteiger partial charge in [-0.1, -0.05) is 17.7 Å². The van der Waals surface area contributed by atoms with E-state index in [9.17, 15) is 9.59 Å². The molecule has 0 radical (unpaired) electrons. The molecule has 4 N–H and O–H groups in total. The minimum absolute atomic E-state index is 0.0584. The lowest BCUT2D eigenvalue weighted by Crippen LogP contribution is -2.30. The number of nitrogens with two attached hydrogens (primary N) is 1. The van der Waals surface area contributed by atoms with E-state index in [1.807, 2.05) is 5.43 Å². The Kier molecular flexibility index (Phi) is 4.75. The van der Waals surface area contributed by atoms with Gasteiger partial charge in [-0.25, -0.2) is 5.84 Å². The molecule has 0 saturated carbocycles. The molecule has 0 aliphatic carbocycles. The molecule has 1 aromatic carbocycles. The Bertz CT molecular complexity index is 395. The molecule has 0 saturated heterocycles. The maximum atomic E-state index is 11.4. The van der Waals surface area contributed by atoms with Crippen LogP contribution in [0.1, 0.15) is 12.8 Å². The Morgan fingerprint density at radius 2 is 1.94 bits per heavy atom.